The van der Waals surface area contributed by atoms with Crippen LogP contribution in [0, 0.1) is 11.3 Å². The van der Waals surface area contributed by atoms with Crippen LogP contribution in [-0.2, 0) is 0 Å². The fourth-order valence-electron chi connectivity index (χ4n) is 1.91. The molecule has 0 saturated carbocycles. The molecule has 4 heteroatoms. The van der Waals surface area contributed by atoms with E-state index in [1.54, 1.807) is 13.2 Å². The molecule has 1 aliphatic heterocycles. The van der Waals surface area contributed by atoms with Gasteiger partial charge in [-0.05, 0) is 18.2 Å². The van der Waals surface area contributed by atoms with Crippen molar-refractivity contribution in [1.29, 1.82) is 5.26 Å². The molecule has 1 aromatic carbocycles. The van der Waals surface area contributed by atoms with E-state index in [0.29, 0.717) is 5.56 Å². The van der Waals surface area contributed by atoms with Crippen molar-refractivity contribution >= 4 is 5.69 Å². The van der Waals surface area contributed by atoms with Gasteiger partial charge in [-0.25, -0.2) is 0 Å². The summed E-state index contributed by atoms with van der Waals surface area (Å²) in [6.07, 6.45) is 0. The molecule has 16 heavy (non-hydrogen) atoms. The van der Waals surface area contributed by atoms with Gasteiger partial charge in [-0.1, -0.05) is 0 Å². The molecule has 0 radical (unpaired) electrons. The predicted molar refractivity (Wildman–Crippen MR) is 62.8 cm³/mol. The monoisotopic (exact) mass is 217 g/mol. The first-order valence-corrected chi connectivity index (χ1v) is 5.39. The van der Waals surface area contributed by atoms with Crippen LogP contribution in [0.1, 0.15) is 5.56 Å². The number of nitrogens with one attached hydrogen (secondary N) is 1. The molecular weight excluding hydrogens is 202 g/mol. The zero-order valence-corrected chi connectivity index (χ0v) is 9.36. The lowest BCUT2D eigenvalue weighted by Crippen LogP contribution is -2.43. The van der Waals surface area contributed by atoms with Crippen molar-refractivity contribution in [2.75, 3.05) is 38.2 Å². The van der Waals surface area contributed by atoms with E-state index in [1.165, 1.54) is 0 Å². The molecule has 0 spiro atoms. The van der Waals surface area contributed by atoms with Crippen molar-refractivity contribution in [3.8, 4) is 11.8 Å². The predicted octanol–water partition coefficient (Wildman–Crippen LogP) is 0.976. The first-order valence-electron chi connectivity index (χ1n) is 5.39. The maximum atomic E-state index is 8.90. The Labute approximate surface area is 95.4 Å². The minimum atomic E-state index is 0.675. The average Bonchev–Trinajstić information content (AvgIpc) is 2.39. The molecule has 1 aromatic rings. The Morgan fingerprint density at radius 1 is 1.38 bits per heavy atom. The van der Waals surface area contributed by atoms with Crippen molar-refractivity contribution in [2.45, 2.75) is 0 Å². The summed E-state index contributed by atoms with van der Waals surface area (Å²) in [4.78, 5) is 2.25. The van der Waals surface area contributed by atoms with Crippen molar-refractivity contribution < 1.29 is 4.74 Å². The van der Waals surface area contributed by atoms with Crippen LogP contribution in [0.5, 0.6) is 5.75 Å². The van der Waals surface area contributed by atoms with Gasteiger partial charge in [-0.3, -0.25) is 0 Å². The number of ether oxygens (including phenoxy) is 1. The third-order valence-electron chi connectivity index (χ3n) is 2.77. The van der Waals surface area contributed by atoms with Crippen LogP contribution in [0.3, 0.4) is 0 Å². The fraction of sp³-hybridized carbons (Fsp3) is 0.417. The van der Waals surface area contributed by atoms with Crippen LogP contribution in [0.4, 0.5) is 5.69 Å². The summed E-state index contributed by atoms with van der Waals surface area (Å²) in [5.41, 5.74) is 1.69. The van der Waals surface area contributed by atoms with E-state index in [4.69, 9.17) is 10.00 Å². The van der Waals surface area contributed by atoms with Crippen LogP contribution in [0.25, 0.3) is 0 Å². The summed E-state index contributed by atoms with van der Waals surface area (Å²) < 4.78 is 5.33. The van der Waals surface area contributed by atoms with E-state index in [0.717, 1.165) is 37.6 Å². The van der Waals surface area contributed by atoms with Gasteiger partial charge in [0.1, 0.15) is 5.75 Å². The van der Waals surface area contributed by atoms with Gasteiger partial charge < -0.3 is 15.0 Å². The van der Waals surface area contributed by atoms with E-state index in [2.05, 4.69) is 16.3 Å². The van der Waals surface area contributed by atoms with Crippen LogP contribution >= 0.6 is 0 Å². The SMILES string of the molecule is COc1ccc(C#N)cc1N1CCNCC1. The minimum Gasteiger partial charge on any atom is -0.495 e. The molecule has 0 atom stereocenters. The number of hydrogen-bond donors (Lipinski definition) is 1. The molecule has 2 rings (SSSR count). The molecule has 4 nitrogen and oxygen atoms in total. The maximum Gasteiger partial charge on any atom is 0.142 e. The summed E-state index contributed by atoms with van der Waals surface area (Å²) in [6, 6.07) is 7.69. The molecule has 84 valence electrons. The van der Waals surface area contributed by atoms with Gasteiger partial charge in [0.2, 0.25) is 0 Å². The topological polar surface area (TPSA) is 48.3 Å². The summed E-state index contributed by atoms with van der Waals surface area (Å²) in [7, 11) is 1.66. The third kappa shape index (κ3) is 2.10. The highest BCUT2D eigenvalue weighted by Crippen LogP contribution is 2.29. The zero-order valence-electron chi connectivity index (χ0n) is 9.36. The Morgan fingerprint density at radius 3 is 2.75 bits per heavy atom. The number of anilines is 1. The van der Waals surface area contributed by atoms with Gasteiger partial charge in [-0.2, -0.15) is 5.26 Å². The first kappa shape index (κ1) is 10.8. The highest BCUT2D eigenvalue weighted by Gasteiger charge is 2.15. The van der Waals surface area contributed by atoms with Crippen LogP contribution in [0.15, 0.2) is 18.2 Å². The van der Waals surface area contributed by atoms with Crippen molar-refractivity contribution in [1.82, 2.24) is 5.32 Å². The van der Waals surface area contributed by atoms with Crippen molar-refractivity contribution in [3.63, 3.8) is 0 Å². The second kappa shape index (κ2) is 4.86. The second-order valence-corrected chi connectivity index (χ2v) is 3.74. The zero-order chi connectivity index (χ0) is 11.4. The van der Waals surface area contributed by atoms with Gasteiger partial charge in [0.25, 0.3) is 0 Å². The van der Waals surface area contributed by atoms with Crippen LogP contribution in [0.2, 0.25) is 0 Å². The number of rotatable bonds is 2. The summed E-state index contributed by atoms with van der Waals surface area (Å²) in [5, 5.41) is 12.2. The Balaban J connectivity index is 2.32. The van der Waals surface area contributed by atoms with Crippen molar-refractivity contribution in [2.24, 2.45) is 0 Å². The molecule has 0 aliphatic carbocycles. The quantitative estimate of drug-likeness (QED) is 0.802. The standard InChI is InChI=1S/C12H15N3O/c1-16-12-3-2-10(9-13)8-11(12)15-6-4-14-5-7-15/h2-3,8,14H,4-7H2,1H3. The van der Waals surface area contributed by atoms with Crippen LogP contribution in [-0.4, -0.2) is 33.3 Å². The number of nitriles is 1. The fourth-order valence-corrected chi connectivity index (χ4v) is 1.91. The minimum absolute atomic E-state index is 0.675. The average molecular weight is 217 g/mol. The molecule has 1 fully saturated rings. The van der Waals surface area contributed by atoms with E-state index in [1.807, 2.05) is 12.1 Å². The summed E-state index contributed by atoms with van der Waals surface area (Å²) in [6.45, 7) is 3.84. The Bertz CT molecular complexity index is 405. The lowest BCUT2D eigenvalue weighted by Gasteiger charge is -2.30. The molecule has 1 saturated heterocycles. The van der Waals surface area contributed by atoms with Crippen LogP contribution < -0.4 is 15.0 Å². The lowest BCUT2D eigenvalue weighted by atomic mass is 10.1. The Hall–Kier alpha value is -1.73. The Kier molecular flexibility index (Phi) is 3.28. The second-order valence-electron chi connectivity index (χ2n) is 3.74. The number of nitrogens with zero attached hydrogens (tertiary/aromatic N) is 2. The van der Waals surface area contributed by atoms with Gasteiger partial charge in [-0.15, -0.1) is 0 Å². The summed E-state index contributed by atoms with van der Waals surface area (Å²) in [5.74, 6) is 0.834. The van der Waals surface area contributed by atoms with Gasteiger partial charge >= 0.3 is 0 Å². The highest BCUT2D eigenvalue weighted by atomic mass is 16.5. The van der Waals surface area contributed by atoms with Gasteiger partial charge in [0.15, 0.2) is 0 Å². The molecule has 0 aromatic heterocycles. The Morgan fingerprint density at radius 2 is 2.12 bits per heavy atom. The first-order chi connectivity index (χ1) is 7.85. The molecule has 0 unspecified atom stereocenters. The third-order valence-corrected chi connectivity index (χ3v) is 2.77. The lowest BCUT2D eigenvalue weighted by molar-refractivity contribution is 0.413. The number of hydrogen-bond acceptors (Lipinski definition) is 4. The highest BCUT2D eigenvalue weighted by molar-refractivity contribution is 5.62. The van der Waals surface area contributed by atoms with Crippen molar-refractivity contribution in [3.05, 3.63) is 23.8 Å². The molecule has 0 bridgehead atoms. The summed E-state index contributed by atoms with van der Waals surface area (Å²) >= 11 is 0. The van der Waals surface area contributed by atoms with E-state index in [-0.39, 0.29) is 0 Å². The normalized spacial score (nSPS) is 15.6. The largest absolute Gasteiger partial charge is 0.495 e. The molecule has 1 heterocycles. The smallest absolute Gasteiger partial charge is 0.142 e. The van der Waals surface area contributed by atoms with Gasteiger partial charge in [0.05, 0.1) is 24.4 Å². The number of piperazine rings is 1. The molecule has 0 amide bonds. The van der Waals surface area contributed by atoms with Gasteiger partial charge in [0, 0.05) is 26.2 Å². The molecular formula is C12H15N3O. The van der Waals surface area contributed by atoms with E-state index >= 15 is 0 Å². The van der Waals surface area contributed by atoms with E-state index in [9.17, 15) is 0 Å². The number of methoxy groups -OCH3 is 1. The van der Waals surface area contributed by atoms with E-state index < -0.39 is 0 Å². The molecule has 1 aliphatic rings. The molecule has 1 N–H and O–H groups in total. The maximum absolute atomic E-state index is 8.90. The number of benzene rings is 1.